The summed E-state index contributed by atoms with van der Waals surface area (Å²) >= 11 is 5.93. The molecule has 0 aromatic carbocycles. The fraction of sp³-hybridized carbons (Fsp3) is 0.250. The van der Waals surface area contributed by atoms with Crippen LogP contribution in [-0.2, 0) is 7.05 Å². The first-order valence-corrected chi connectivity index (χ1v) is 7.91. The van der Waals surface area contributed by atoms with E-state index in [1.165, 1.54) is 0 Å². The third-order valence-corrected chi connectivity index (χ3v) is 4.08. The van der Waals surface area contributed by atoms with Gasteiger partial charge in [0, 0.05) is 30.6 Å². The molecule has 0 aliphatic carbocycles. The molecule has 7 nitrogen and oxygen atoms in total. The van der Waals surface area contributed by atoms with Crippen LogP contribution < -0.4 is 0 Å². The predicted molar refractivity (Wildman–Crippen MR) is 89.8 cm³/mol. The van der Waals surface area contributed by atoms with Crippen LogP contribution in [0.25, 0.3) is 28.6 Å². The van der Waals surface area contributed by atoms with E-state index < -0.39 is 0 Å². The van der Waals surface area contributed by atoms with E-state index in [4.69, 9.17) is 16.1 Å². The fourth-order valence-electron chi connectivity index (χ4n) is 2.67. The molecule has 0 N–H and O–H groups in total. The lowest BCUT2D eigenvalue weighted by Crippen LogP contribution is -1.97. The molecule has 8 heteroatoms. The highest BCUT2D eigenvalue weighted by Gasteiger charge is 2.20. The standard InChI is InChI=1S/C16H15ClN6O/c1-9(2)11-6-18-22(3)14(11)16-20-15(21-24-16)10-4-5-13-19-12(17)8-23(13)7-10/h4-9H,1-3H3. The van der Waals surface area contributed by atoms with Crippen molar-refractivity contribution in [2.45, 2.75) is 19.8 Å². The average molecular weight is 343 g/mol. The van der Waals surface area contributed by atoms with E-state index in [9.17, 15) is 0 Å². The zero-order valence-electron chi connectivity index (χ0n) is 13.4. The highest BCUT2D eigenvalue weighted by Crippen LogP contribution is 2.29. The zero-order valence-corrected chi connectivity index (χ0v) is 14.2. The summed E-state index contributed by atoms with van der Waals surface area (Å²) in [5, 5.41) is 8.85. The lowest BCUT2D eigenvalue weighted by Gasteiger charge is -2.04. The fourth-order valence-corrected chi connectivity index (χ4v) is 2.86. The minimum atomic E-state index is 0.313. The van der Waals surface area contributed by atoms with Gasteiger partial charge in [0.15, 0.2) is 0 Å². The van der Waals surface area contributed by atoms with Gasteiger partial charge in [0.05, 0.1) is 6.20 Å². The van der Waals surface area contributed by atoms with Gasteiger partial charge in [0.25, 0.3) is 5.89 Å². The molecule has 122 valence electrons. The van der Waals surface area contributed by atoms with Crippen molar-refractivity contribution in [1.29, 1.82) is 0 Å². The highest BCUT2D eigenvalue weighted by atomic mass is 35.5. The molecule has 4 aromatic rings. The van der Waals surface area contributed by atoms with E-state index in [0.29, 0.717) is 22.8 Å². The Labute approximate surface area is 142 Å². The molecule has 0 unspecified atom stereocenters. The molecule has 0 atom stereocenters. The third-order valence-electron chi connectivity index (χ3n) is 3.90. The summed E-state index contributed by atoms with van der Waals surface area (Å²) in [6.45, 7) is 4.21. The second-order valence-electron chi connectivity index (χ2n) is 5.90. The Balaban J connectivity index is 1.78. The molecule has 0 radical (unpaired) electrons. The quantitative estimate of drug-likeness (QED) is 0.569. The third kappa shape index (κ3) is 2.37. The Morgan fingerprint density at radius 1 is 1.17 bits per heavy atom. The summed E-state index contributed by atoms with van der Waals surface area (Å²) in [7, 11) is 1.87. The van der Waals surface area contributed by atoms with Crippen molar-refractivity contribution in [3.8, 4) is 23.0 Å². The predicted octanol–water partition coefficient (Wildman–Crippen LogP) is 3.56. The highest BCUT2D eigenvalue weighted by molar-refractivity contribution is 6.29. The number of imidazole rings is 1. The van der Waals surface area contributed by atoms with E-state index in [2.05, 4.69) is 34.1 Å². The maximum absolute atomic E-state index is 5.93. The van der Waals surface area contributed by atoms with E-state index in [1.54, 1.807) is 10.9 Å². The van der Waals surface area contributed by atoms with Crippen LogP contribution in [0.1, 0.15) is 25.3 Å². The van der Waals surface area contributed by atoms with Crippen molar-refractivity contribution in [3.05, 3.63) is 41.4 Å². The number of fused-ring (bicyclic) bond motifs is 1. The van der Waals surface area contributed by atoms with Gasteiger partial charge in [-0.2, -0.15) is 10.1 Å². The van der Waals surface area contributed by atoms with Crippen LogP contribution in [-0.4, -0.2) is 29.3 Å². The maximum atomic E-state index is 5.93. The molecule has 0 bridgehead atoms. The molecule has 0 aliphatic rings. The van der Waals surface area contributed by atoms with Crippen molar-refractivity contribution in [1.82, 2.24) is 29.3 Å². The number of pyridine rings is 1. The summed E-state index contributed by atoms with van der Waals surface area (Å²) < 4.78 is 9.07. The minimum Gasteiger partial charge on any atom is -0.332 e. The summed E-state index contributed by atoms with van der Waals surface area (Å²) in [6.07, 6.45) is 5.44. The van der Waals surface area contributed by atoms with Crippen LogP contribution in [0.15, 0.2) is 35.2 Å². The van der Waals surface area contributed by atoms with E-state index in [0.717, 1.165) is 22.5 Å². The first-order valence-electron chi connectivity index (χ1n) is 7.53. The van der Waals surface area contributed by atoms with Gasteiger partial charge in [-0.1, -0.05) is 30.6 Å². The summed E-state index contributed by atoms with van der Waals surface area (Å²) in [5.74, 6) is 1.28. The first kappa shape index (κ1) is 14.9. The van der Waals surface area contributed by atoms with Gasteiger partial charge in [0.1, 0.15) is 16.5 Å². The molecule has 24 heavy (non-hydrogen) atoms. The van der Waals surface area contributed by atoms with Crippen molar-refractivity contribution in [3.63, 3.8) is 0 Å². The number of aromatic nitrogens is 6. The molecule has 0 amide bonds. The van der Waals surface area contributed by atoms with E-state index >= 15 is 0 Å². The second-order valence-corrected chi connectivity index (χ2v) is 6.28. The first-order chi connectivity index (χ1) is 11.5. The Morgan fingerprint density at radius 3 is 2.79 bits per heavy atom. The van der Waals surface area contributed by atoms with E-state index in [1.807, 2.05) is 36.0 Å². The van der Waals surface area contributed by atoms with E-state index in [-0.39, 0.29) is 0 Å². The summed E-state index contributed by atoms with van der Waals surface area (Å²) in [6, 6.07) is 3.75. The molecule has 0 aliphatic heterocycles. The second kappa shape index (κ2) is 5.45. The maximum Gasteiger partial charge on any atom is 0.276 e. The van der Waals surface area contributed by atoms with Gasteiger partial charge in [-0.3, -0.25) is 4.68 Å². The molecular weight excluding hydrogens is 328 g/mol. The van der Waals surface area contributed by atoms with Crippen LogP contribution in [0.3, 0.4) is 0 Å². The lowest BCUT2D eigenvalue weighted by atomic mass is 10.0. The molecule has 4 rings (SSSR count). The van der Waals surface area contributed by atoms with Gasteiger partial charge >= 0.3 is 0 Å². The Kier molecular flexibility index (Phi) is 3.38. The number of nitrogens with zero attached hydrogens (tertiary/aromatic N) is 6. The number of rotatable bonds is 3. The molecule has 4 aromatic heterocycles. The normalized spacial score (nSPS) is 11.7. The zero-order chi connectivity index (χ0) is 16.8. The monoisotopic (exact) mass is 342 g/mol. The number of halogens is 1. The van der Waals surface area contributed by atoms with Crippen LogP contribution in [0.5, 0.6) is 0 Å². The Bertz CT molecular complexity index is 1030. The van der Waals surface area contributed by atoms with Crippen LogP contribution in [0.4, 0.5) is 0 Å². The Hall–Kier alpha value is -2.67. The molecule has 0 saturated carbocycles. The smallest absolute Gasteiger partial charge is 0.276 e. The van der Waals surface area contributed by atoms with Gasteiger partial charge in [-0.15, -0.1) is 0 Å². The minimum absolute atomic E-state index is 0.313. The van der Waals surface area contributed by atoms with Gasteiger partial charge in [0.2, 0.25) is 5.82 Å². The summed E-state index contributed by atoms with van der Waals surface area (Å²) in [4.78, 5) is 8.72. The largest absolute Gasteiger partial charge is 0.332 e. The summed E-state index contributed by atoms with van der Waals surface area (Å²) in [5.41, 5.74) is 3.50. The number of hydrogen-bond donors (Lipinski definition) is 0. The number of aryl methyl sites for hydroxylation is 1. The van der Waals surface area contributed by atoms with Crippen molar-refractivity contribution >= 4 is 17.2 Å². The van der Waals surface area contributed by atoms with Crippen LogP contribution in [0, 0.1) is 0 Å². The average Bonchev–Trinajstić information content (AvgIpc) is 3.22. The molecule has 4 heterocycles. The van der Waals surface area contributed by atoms with Crippen LogP contribution in [0.2, 0.25) is 5.15 Å². The molecular formula is C16H15ClN6O. The SMILES string of the molecule is CC(C)c1cnn(C)c1-c1nc(-c2ccc3nc(Cl)cn3c2)no1. The van der Waals surface area contributed by atoms with Crippen molar-refractivity contribution in [2.24, 2.45) is 7.05 Å². The van der Waals surface area contributed by atoms with Crippen molar-refractivity contribution < 1.29 is 4.52 Å². The van der Waals surface area contributed by atoms with Gasteiger partial charge in [-0.25, -0.2) is 4.98 Å². The molecule has 0 saturated heterocycles. The topological polar surface area (TPSA) is 74.0 Å². The molecule has 0 fully saturated rings. The number of hydrogen-bond acceptors (Lipinski definition) is 5. The van der Waals surface area contributed by atoms with Crippen LogP contribution >= 0.6 is 11.6 Å². The van der Waals surface area contributed by atoms with Gasteiger partial charge in [-0.05, 0) is 18.1 Å². The lowest BCUT2D eigenvalue weighted by molar-refractivity contribution is 0.428. The van der Waals surface area contributed by atoms with Crippen molar-refractivity contribution in [2.75, 3.05) is 0 Å². The molecule has 0 spiro atoms. The Morgan fingerprint density at radius 2 is 2.00 bits per heavy atom. The van der Waals surface area contributed by atoms with Gasteiger partial charge < -0.3 is 8.92 Å².